The van der Waals surface area contributed by atoms with Gasteiger partial charge in [0.2, 0.25) is 0 Å². The van der Waals surface area contributed by atoms with Crippen LogP contribution in [0.3, 0.4) is 0 Å². The van der Waals surface area contributed by atoms with E-state index in [9.17, 15) is 9.59 Å². The van der Waals surface area contributed by atoms with Crippen LogP contribution in [0.2, 0.25) is 0 Å². The Kier molecular flexibility index (Phi) is 4.79. The molecule has 1 amide bonds. The summed E-state index contributed by atoms with van der Waals surface area (Å²) < 4.78 is 0. The van der Waals surface area contributed by atoms with Gasteiger partial charge in [-0.15, -0.1) is 0 Å². The van der Waals surface area contributed by atoms with E-state index >= 15 is 0 Å². The van der Waals surface area contributed by atoms with Gasteiger partial charge in [0.05, 0.1) is 5.56 Å². The third-order valence-electron chi connectivity index (χ3n) is 4.74. The summed E-state index contributed by atoms with van der Waals surface area (Å²) in [5.74, 6) is -0.232. The van der Waals surface area contributed by atoms with Gasteiger partial charge in [0.15, 0.2) is 5.78 Å². The highest BCUT2D eigenvalue weighted by Crippen LogP contribution is 2.21. The average Bonchev–Trinajstić information content (AvgIpc) is 3.09. The minimum absolute atomic E-state index is 0.0895. The molecule has 2 aromatic rings. The first-order valence-electron chi connectivity index (χ1n) is 8.58. The molecule has 2 aromatic carbocycles. The molecule has 124 valence electrons. The Morgan fingerprint density at radius 1 is 0.917 bits per heavy atom. The van der Waals surface area contributed by atoms with E-state index in [0.29, 0.717) is 16.7 Å². The fourth-order valence-electron chi connectivity index (χ4n) is 3.34. The van der Waals surface area contributed by atoms with Crippen molar-refractivity contribution in [2.24, 2.45) is 0 Å². The molecule has 0 radical (unpaired) electrons. The Labute approximate surface area is 143 Å². The number of hydrogen-bond acceptors (Lipinski definition) is 2. The molecule has 0 unspecified atom stereocenters. The minimum atomic E-state index is -0.142. The Morgan fingerprint density at radius 2 is 1.58 bits per heavy atom. The average molecular weight is 321 g/mol. The first kappa shape index (κ1) is 16.4. The van der Waals surface area contributed by atoms with Gasteiger partial charge in [-0.2, -0.15) is 0 Å². The van der Waals surface area contributed by atoms with E-state index < -0.39 is 0 Å². The van der Waals surface area contributed by atoms with Crippen LogP contribution in [0.15, 0.2) is 42.5 Å². The van der Waals surface area contributed by atoms with Crippen molar-refractivity contribution in [2.45, 2.75) is 45.6 Å². The molecule has 0 saturated heterocycles. The number of rotatable bonds is 4. The van der Waals surface area contributed by atoms with Crippen LogP contribution in [0.4, 0.5) is 0 Å². The maximum Gasteiger partial charge on any atom is 0.252 e. The SMILES string of the molecule is Cc1ccc(C)c(C(=O)c2ccccc2C(=O)NC2CCCC2)c1. The summed E-state index contributed by atoms with van der Waals surface area (Å²) in [6.07, 6.45) is 4.37. The van der Waals surface area contributed by atoms with Gasteiger partial charge in [0, 0.05) is 17.2 Å². The van der Waals surface area contributed by atoms with Crippen LogP contribution in [-0.4, -0.2) is 17.7 Å². The lowest BCUT2D eigenvalue weighted by Crippen LogP contribution is -2.33. The lowest BCUT2D eigenvalue weighted by Gasteiger charge is -2.14. The molecule has 24 heavy (non-hydrogen) atoms. The summed E-state index contributed by atoms with van der Waals surface area (Å²) >= 11 is 0. The van der Waals surface area contributed by atoms with Crippen LogP contribution in [0.5, 0.6) is 0 Å². The number of carbonyl (C=O) groups excluding carboxylic acids is 2. The Bertz CT molecular complexity index is 773. The van der Waals surface area contributed by atoms with E-state index in [2.05, 4.69) is 5.32 Å². The molecule has 1 aliphatic rings. The third-order valence-corrected chi connectivity index (χ3v) is 4.74. The van der Waals surface area contributed by atoms with Crippen molar-refractivity contribution >= 4 is 11.7 Å². The Morgan fingerprint density at radius 3 is 2.29 bits per heavy atom. The van der Waals surface area contributed by atoms with Crippen molar-refractivity contribution in [3.05, 3.63) is 70.3 Å². The highest BCUT2D eigenvalue weighted by molar-refractivity contribution is 6.16. The summed E-state index contributed by atoms with van der Waals surface area (Å²) in [7, 11) is 0. The fraction of sp³-hybridized carbons (Fsp3) is 0.333. The molecule has 0 aromatic heterocycles. The van der Waals surface area contributed by atoms with Crippen LogP contribution in [0.1, 0.15) is 63.1 Å². The van der Waals surface area contributed by atoms with Crippen LogP contribution in [0, 0.1) is 13.8 Å². The van der Waals surface area contributed by atoms with E-state index in [1.165, 1.54) is 0 Å². The van der Waals surface area contributed by atoms with Crippen molar-refractivity contribution in [2.75, 3.05) is 0 Å². The zero-order valence-electron chi connectivity index (χ0n) is 14.3. The first-order chi connectivity index (χ1) is 11.6. The standard InChI is InChI=1S/C21H23NO2/c1-14-11-12-15(2)19(13-14)20(23)17-9-5-6-10-18(17)21(24)22-16-7-3-4-8-16/h5-6,9-13,16H,3-4,7-8H2,1-2H3,(H,22,24). The molecule has 1 fully saturated rings. The van der Waals surface area contributed by atoms with Crippen molar-refractivity contribution in [3.8, 4) is 0 Å². The first-order valence-corrected chi connectivity index (χ1v) is 8.58. The van der Waals surface area contributed by atoms with Gasteiger partial charge in [0.1, 0.15) is 0 Å². The van der Waals surface area contributed by atoms with Crippen molar-refractivity contribution in [1.29, 1.82) is 0 Å². The Balaban J connectivity index is 1.92. The zero-order chi connectivity index (χ0) is 17.1. The van der Waals surface area contributed by atoms with Gasteiger partial charge in [-0.05, 0) is 44.4 Å². The zero-order valence-corrected chi connectivity index (χ0v) is 14.3. The van der Waals surface area contributed by atoms with Crippen LogP contribution >= 0.6 is 0 Å². The normalized spacial score (nSPS) is 14.6. The molecule has 0 aliphatic heterocycles. The van der Waals surface area contributed by atoms with Gasteiger partial charge in [-0.3, -0.25) is 9.59 Å². The molecule has 3 nitrogen and oxygen atoms in total. The summed E-state index contributed by atoms with van der Waals surface area (Å²) in [6.45, 7) is 3.89. The lowest BCUT2D eigenvalue weighted by atomic mass is 9.94. The molecule has 0 bridgehead atoms. The maximum absolute atomic E-state index is 13.0. The van der Waals surface area contributed by atoms with Crippen molar-refractivity contribution < 1.29 is 9.59 Å². The summed E-state index contributed by atoms with van der Waals surface area (Å²) in [5, 5.41) is 3.08. The number of hydrogen-bond donors (Lipinski definition) is 1. The number of ketones is 1. The van der Waals surface area contributed by atoms with Gasteiger partial charge in [0.25, 0.3) is 5.91 Å². The topological polar surface area (TPSA) is 46.2 Å². The summed E-state index contributed by atoms with van der Waals surface area (Å²) in [6, 6.07) is 13.2. The van der Waals surface area contributed by atoms with Gasteiger partial charge in [-0.1, -0.05) is 48.7 Å². The number of aryl methyl sites for hydroxylation is 2. The largest absolute Gasteiger partial charge is 0.349 e. The minimum Gasteiger partial charge on any atom is -0.349 e. The highest BCUT2D eigenvalue weighted by Gasteiger charge is 2.22. The van der Waals surface area contributed by atoms with Gasteiger partial charge >= 0.3 is 0 Å². The monoisotopic (exact) mass is 321 g/mol. The fourth-order valence-corrected chi connectivity index (χ4v) is 3.34. The molecule has 3 heteroatoms. The van der Waals surface area contributed by atoms with Crippen molar-refractivity contribution in [1.82, 2.24) is 5.32 Å². The maximum atomic E-state index is 13.0. The molecule has 0 spiro atoms. The van der Waals surface area contributed by atoms with Crippen LogP contribution < -0.4 is 5.32 Å². The predicted molar refractivity (Wildman–Crippen MR) is 95.5 cm³/mol. The highest BCUT2D eigenvalue weighted by atomic mass is 16.2. The van der Waals surface area contributed by atoms with Crippen LogP contribution in [-0.2, 0) is 0 Å². The summed E-state index contributed by atoms with van der Waals surface area (Å²) in [5.41, 5.74) is 3.57. The van der Waals surface area contributed by atoms with E-state index in [4.69, 9.17) is 0 Å². The van der Waals surface area contributed by atoms with Gasteiger partial charge < -0.3 is 5.32 Å². The number of benzene rings is 2. The molecular formula is C21H23NO2. The predicted octanol–water partition coefficient (Wildman–Crippen LogP) is 4.21. The summed E-state index contributed by atoms with van der Waals surface area (Å²) in [4.78, 5) is 25.6. The smallest absolute Gasteiger partial charge is 0.252 e. The quantitative estimate of drug-likeness (QED) is 0.858. The number of amides is 1. The molecule has 3 rings (SSSR count). The molecule has 0 atom stereocenters. The van der Waals surface area contributed by atoms with E-state index in [-0.39, 0.29) is 17.7 Å². The van der Waals surface area contributed by atoms with Crippen molar-refractivity contribution in [3.63, 3.8) is 0 Å². The second-order valence-electron chi connectivity index (χ2n) is 6.65. The van der Waals surface area contributed by atoms with E-state index in [1.807, 2.05) is 44.2 Å². The number of carbonyl (C=O) groups is 2. The second kappa shape index (κ2) is 7.00. The van der Waals surface area contributed by atoms with Gasteiger partial charge in [-0.25, -0.2) is 0 Å². The molecular weight excluding hydrogens is 298 g/mol. The lowest BCUT2D eigenvalue weighted by molar-refractivity contribution is 0.0927. The molecule has 0 heterocycles. The number of nitrogens with one attached hydrogen (secondary N) is 1. The Hall–Kier alpha value is -2.42. The van der Waals surface area contributed by atoms with E-state index in [1.54, 1.807) is 12.1 Å². The van der Waals surface area contributed by atoms with Crippen LogP contribution in [0.25, 0.3) is 0 Å². The molecule has 1 aliphatic carbocycles. The molecule has 1 N–H and O–H groups in total. The molecule has 1 saturated carbocycles. The third kappa shape index (κ3) is 3.40. The van der Waals surface area contributed by atoms with E-state index in [0.717, 1.165) is 36.8 Å². The second-order valence-corrected chi connectivity index (χ2v) is 6.65.